The van der Waals surface area contributed by atoms with Crippen molar-refractivity contribution >= 4 is 12.1 Å². The third-order valence-corrected chi connectivity index (χ3v) is 2.18. The van der Waals surface area contributed by atoms with E-state index in [9.17, 15) is 9.18 Å². The molecule has 0 radical (unpaired) electrons. The predicted octanol–water partition coefficient (Wildman–Crippen LogP) is 1.47. The topological polar surface area (TPSA) is 60.9 Å². The van der Waals surface area contributed by atoms with E-state index in [2.05, 4.69) is 5.10 Å². The Morgan fingerprint density at radius 2 is 2.25 bits per heavy atom. The minimum atomic E-state index is -0.332. The van der Waals surface area contributed by atoms with Gasteiger partial charge in [-0.3, -0.25) is 0 Å². The summed E-state index contributed by atoms with van der Waals surface area (Å²) in [5.74, 6) is 0.0485. The van der Waals surface area contributed by atoms with Crippen LogP contribution in [-0.2, 0) is 11.3 Å². The molecule has 16 heavy (non-hydrogen) atoms. The lowest BCUT2D eigenvalue weighted by molar-refractivity contribution is -0.108. The van der Waals surface area contributed by atoms with E-state index in [1.807, 2.05) is 0 Å². The summed E-state index contributed by atoms with van der Waals surface area (Å²) in [5.41, 5.74) is 6.84. The van der Waals surface area contributed by atoms with E-state index in [-0.39, 0.29) is 12.4 Å². The largest absolute Gasteiger partial charge is 0.384 e. The zero-order valence-corrected chi connectivity index (χ0v) is 8.43. The number of rotatable bonds is 3. The molecule has 1 aromatic carbocycles. The molecule has 2 rings (SSSR count). The molecule has 1 aromatic heterocycles. The molecule has 0 unspecified atom stereocenters. The summed E-state index contributed by atoms with van der Waals surface area (Å²) in [6.07, 6.45) is 0.707. The van der Waals surface area contributed by atoms with Gasteiger partial charge in [0.25, 0.3) is 0 Å². The van der Waals surface area contributed by atoms with Crippen LogP contribution >= 0.6 is 0 Å². The number of nitrogen functional groups attached to an aromatic ring is 1. The van der Waals surface area contributed by atoms with Crippen molar-refractivity contribution in [2.45, 2.75) is 6.54 Å². The highest BCUT2D eigenvalue weighted by Crippen LogP contribution is 2.20. The van der Waals surface area contributed by atoms with E-state index in [1.54, 1.807) is 18.2 Å². The summed E-state index contributed by atoms with van der Waals surface area (Å²) in [6, 6.07) is 7.66. The molecular formula is C11H10FN3O. The Bertz CT molecular complexity index is 522. The second kappa shape index (κ2) is 4.14. The number of hydrogen-bond acceptors (Lipinski definition) is 3. The van der Waals surface area contributed by atoms with Crippen molar-refractivity contribution < 1.29 is 9.18 Å². The summed E-state index contributed by atoms with van der Waals surface area (Å²) < 4.78 is 14.4. The molecule has 5 heteroatoms. The Labute approximate surface area is 91.5 Å². The van der Waals surface area contributed by atoms with Gasteiger partial charge in [-0.2, -0.15) is 5.10 Å². The lowest BCUT2D eigenvalue weighted by Crippen LogP contribution is -2.05. The van der Waals surface area contributed by atoms with Crippen LogP contribution in [0, 0.1) is 5.82 Å². The smallest absolute Gasteiger partial charge is 0.141 e. The van der Waals surface area contributed by atoms with Gasteiger partial charge in [0.15, 0.2) is 0 Å². The van der Waals surface area contributed by atoms with Crippen LogP contribution in [-0.4, -0.2) is 16.1 Å². The first kappa shape index (κ1) is 10.4. The van der Waals surface area contributed by atoms with Crippen LogP contribution in [0.1, 0.15) is 0 Å². The van der Waals surface area contributed by atoms with Gasteiger partial charge >= 0.3 is 0 Å². The first-order valence-corrected chi connectivity index (χ1v) is 4.73. The Kier molecular flexibility index (Phi) is 2.68. The van der Waals surface area contributed by atoms with Crippen LogP contribution in [0.4, 0.5) is 10.2 Å². The van der Waals surface area contributed by atoms with Gasteiger partial charge in [0.05, 0.1) is 12.2 Å². The minimum Gasteiger partial charge on any atom is -0.384 e. The second-order valence-corrected chi connectivity index (χ2v) is 3.31. The molecule has 0 saturated heterocycles. The lowest BCUT2D eigenvalue weighted by Gasteiger charge is -1.97. The number of benzene rings is 1. The number of nitrogens with zero attached hydrogens (tertiary/aromatic N) is 2. The van der Waals surface area contributed by atoms with Crippen LogP contribution in [0.15, 0.2) is 30.3 Å². The fraction of sp³-hybridized carbons (Fsp3) is 0.0909. The molecule has 82 valence electrons. The van der Waals surface area contributed by atoms with Crippen LogP contribution in [0.5, 0.6) is 0 Å². The highest BCUT2D eigenvalue weighted by molar-refractivity contribution is 5.63. The third kappa shape index (κ3) is 1.93. The van der Waals surface area contributed by atoms with Gasteiger partial charge in [-0.25, -0.2) is 9.07 Å². The summed E-state index contributed by atoms with van der Waals surface area (Å²) >= 11 is 0. The van der Waals surface area contributed by atoms with E-state index in [4.69, 9.17) is 5.73 Å². The van der Waals surface area contributed by atoms with Crippen molar-refractivity contribution in [2.24, 2.45) is 0 Å². The summed E-state index contributed by atoms with van der Waals surface area (Å²) in [5, 5.41) is 4.10. The van der Waals surface area contributed by atoms with Gasteiger partial charge in [0.2, 0.25) is 0 Å². The Balaban J connectivity index is 2.41. The van der Waals surface area contributed by atoms with Crippen molar-refractivity contribution in [3.05, 3.63) is 36.1 Å². The molecule has 0 amide bonds. The molecule has 0 bridgehead atoms. The normalized spacial score (nSPS) is 10.3. The van der Waals surface area contributed by atoms with E-state index >= 15 is 0 Å². The maximum absolute atomic E-state index is 13.0. The summed E-state index contributed by atoms with van der Waals surface area (Å²) in [7, 11) is 0. The SMILES string of the molecule is Nc1cc(-c2cccc(F)c2)nn1CC=O. The molecule has 0 atom stereocenters. The molecule has 1 heterocycles. The quantitative estimate of drug-likeness (QED) is 0.795. The monoisotopic (exact) mass is 219 g/mol. The molecule has 2 aromatic rings. The molecule has 0 aliphatic rings. The fourth-order valence-electron chi connectivity index (χ4n) is 1.44. The number of carbonyl (C=O) groups excluding carboxylic acids is 1. The third-order valence-electron chi connectivity index (χ3n) is 2.18. The van der Waals surface area contributed by atoms with Crippen molar-refractivity contribution in [1.82, 2.24) is 9.78 Å². The number of aldehydes is 1. The van der Waals surface area contributed by atoms with Crippen molar-refractivity contribution in [1.29, 1.82) is 0 Å². The van der Waals surface area contributed by atoms with Crippen LogP contribution in [0.3, 0.4) is 0 Å². The highest BCUT2D eigenvalue weighted by Gasteiger charge is 2.07. The average molecular weight is 219 g/mol. The number of nitrogens with two attached hydrogens (primary N) is 1. The number of halogens is 1. The first-order valence-electron chi connectivity index (χ1n) is 4.73. The number of anilines is 1. The van der Waals surface area contributed by atoms with Crippen molar-refractivity contribution in [2.75, 3.05) is 5.73 Å². The number of hydrogen-bond donors (Lipinski definition) is 1. The maximum Gasteiger partial charge on any atom is 0.141 e. The van der Waals surface area contributed by atoms with E-state index in [0.29, 0.717) is 23.4 Å². The zero-order chi connectivity index (χ0) is 11.5. The average Bonchev–Trinajstić information content (AvgIpc) is 2.61. The number of carbonyl (C=O) groups is 1. The molecule has 4 nitrogen and oxygen atoms in total. The highest BCUT2D eigenvalue weighted by atomic mass is 19.1. The molecular weight excluding hydrogens is 209 g/mol. The molecule has 0 saturated carbocycles. The molecule has 0 aliphatic carbocycles. The van der Waals surface area contributed by atoms with E-state index < -0.39 is 0 Å². The van der Waals surface area contributed by atoms with Crippen molar-refractivity contribution in [3.8, 4) is 11.3 Å². The number of aromatic nitrogens is 2. The Hall–Kier alpha value is -2.17. The summed E-state index contributed by atoms with van der Waals surface area (Å²) in [6.45, 7) is 0.0984. The van der Waals surface area contributed by atoms with Crippen LogP contribution in [0.25, 0.3) is 11.3 Å². The fourth-order valence-corrected chi connectivity index (χ4v) is 1.44. The van der Waals surface area contributed by atoms with Crippen LogP contribution in [0.2, 0.25) is 0 Å². The van der Waals surface area contributed by atoms with Gasteiger partial charge in [-0.1, -0.05) is 12.1 Å². The van der Waals surface area contributed by atoms with Crippen molar-refractivity contribution in [3.63, 3.8) is 0 Å². The molecule has 2 N–H and O–H groups in total. The maximum atomic E-state index is 13.0. The van der Waals surface area contributed by atoms with Gasteiger partial charge in [-0.15, -0.1) is 0 Å². The van der Waals surface area contributed by atoms with Crippen LogP contribution < -0.4 is 5.73 Å². The predicted molar refractivity (Wildman–Crippen MR) is 58.1 cm³/mol. The van der Waals surface area contributed by atoms with Gasteiger partial charge in [0.1, 0.15) is 17.9 Å². The molecule has 0 spiro atoms. The lowest BCUT2D eigenvalue weighted by atomic mass is 10.1. The second-order valence-electron chi connectivity index (χ2n) is 3.31. The summed E-state index contributed by atoms with van der Waals surface area (Å²) in [4.78, 5) is 10.3. The zero-order valence-electron chi connectivity index (χ0n) is 8.43. The Morgan fingerprint density at radius 3 is 2.94 bits per heavy atom. The first-order chi connectivity index (χ1) is 7.70. The van der Waals surface area contributed by atoms with Gasteiger partial charge < -0.3 is 10.5 Å². The van der Waals surface area contributed by atoms with Gasteiger partial charge in [-0.05, 0) is 12.1 Å². The molecule has 0 aliphatic heterocycles. The van der Waals surface area contributed by atoms with E-state index in [0.717, 1.165) is 0 Å². The van der Waals surface area contributed by atoms with E-state index in [1.165, 1.54) is 16.8 Å². The van der Waals surface area contributed by atoms with Gasteiger partial charge in [0, 0.05) is 11.6 Å². The Morgan fingerprint density at radius 1 is 1.44 bits per heavy atom. The molecule has 0 fully saturated rings. The standard InChI is InChI=1S/C11H10FN3O/c12-9-3-1-2-8(6-9)10-7-11(13)15(14-10)4-5-16/h1-3,5-7H,4,13H2. The minimum absolute atomic E-state index is 0.0984.